The largest absolute Gasteiger partial charge is 0.425 e. The van der Waals surface area contributed by atoms with Gasteiger partial charge in [0.1, 0.15) is 0 Å². The van der Waals surface area contributed by atoms with Gasteiger partial charge in [-0.05, 0) is 12.5 Å². The molecule has 1 fully saturated rings. The molecule has 0 atom stereocenters. The van der Waals surface area contributed by atoms with E-state index in [1.165, 1.54) is 0 Å². The Kier molecular flexibility index (Phi) is 6.83. The van der Waals surface area contributed by atoms with E-state index in [0.29, 0.717) is 5.88 Å². The zero-order chi connectivity index (χ0) is 8.65. The Balaban J connectivity index is 2.11. The van der Waals surface area contributed by atoms with Crippen LogP contribution in [0.2, 0.25) is 6.04 Å². The van der Waals surface area contributed by atoms with Crippen molar-refractivity contribution in [2.24, 2.45) is 0 Å². The summed E-state index contributed by atoms with van der Waals surface area (Å²) in [5.41, 5.74) is 0. The number of halogens is 1. The van der Waals surface area contributed by atoms with Crippen molar-refractivity contribution >= 4 is 50.9 Å². The van der Waals surface area contributed by atoms with Crippen LogP contribution in [0.1, 0.15) is 6.42 Å². The van der Waals surface area contributed by atoms with Crippen molar-refractivity contribution in [2.45, 2.75) is 12.5 Å². The third kappa shape index (κ3) is 4.89. The third-order valence-corrected chi connectivity index (χ3v) is 9.29. The van der Waals surface area contributed by atoms with Crippen molar-refractivity contribution in [1.82, 2.24) is 0 Å². The third-order valence-electron chi connectivity index (χ3n) is 1.41. The summed E-state index contributed by atoms with van der Waals surface area (Å²) in [6, 6.07) is 0.998. The molecule has 1 saturated heterocycles. The molecule has 0 radical (unpaired) electrons. The average molecular weight is 261 g/mol. The molecular formula is C3H13ClO4Si4. The normalized spacial score (nSPS) is 32.2. The van der Waals surface area contributed by atoms with E-state index in [1.54, 1.807) is 0 Å². The molecule has 12 heavy (non-hydrogen) atoms. The maximum atomic E-state index is 5.57. The molecular weight excluding hydrogens is 248 g/mol. The van der Waals surface area contributed by atoms with Gasteiger partial charge in [-0.3, -0.25) is 0 Å². The standard InChI is InChI=1S/C3H13ClO4Si4/c4-2-1-3-12-7-10-5-9-6-11-8-12/h12H,1-3,9-11H2. The van der Waals surface area contributed by atoms with Crippen LogP contribution in [0.4, 0.5) is 0 Å². The molecule has 0 aromatic heterocycles. The van der Waals surface area contributed by atoms with Crippen molar-refractivity contribution < 1.29 is 16.5 Å². The molecule has 0 unspecified atom stereocenters. The Morgan fingerprint density at radius 1 is 1.08 bits per heavy atom. The van der Waals surface area contributed by atoms with Gasteiger partial charge in [0.25, 0.3) is 30.0 Å². The first-order valence-corrected chi connectivity index (χ1v) is 9.64. The number of hydrogen-bond acceptors (Lipinski definition) is 4. The lowest BCUT2D eigenvalue weighted by Crippen LogP contribution is -2.33. The van der Waals surface area contributed by atoms with Gasteiger partial charge < -0.3 is 16.5 Å². The summed E-state index contributed by atoms with van der Waals surface area (Å²) < 4.78 is 21.6. The van der Waals surface area contributed by atoms with Crippen LogP contribution < -0.4 is 0 Å². The quantitative estimate of drug-likeness (QED) is 0.431. The molecule has 0 N–H and O–H groups in total. The fourth-order valence-electron chi connectivity index (χ4n) is 0.834. The van der Waals surface area contributed by atoms with E-state index in [0.717, 1.165) is 12.5 Å². The summed E-state index contributed by atoms with van der Waals surface area (Å²) in [5.74, 6) is 0.690. The molecule has 72 valence electrons. The second-order valence-corrected chi connectivity index (χ2v) is 10.8. The predicted octanol–water partition coefficient (Wildman–Crippen LogP) is -2.09. The Bertz CT molecular complexity index is 108. The highest BCUT2D eigenvalue weighted by Crippen LogP contribution is 2.03. The monoisotopic (exact) mass is 260 g/mol. The van der Waals surface area contributed by atoms with Crippen LogP contribution >= 0.6 is 11.6 Å². The van der Waals surface area contributed by atoms with E-state index in [-0.39, 0.29) is 0 Å². The second-order valence-electron chi connectivity index (χ2n) is 2.36. The molecule has 4 nitrogen and oxygen atoms in total. The number of alkyl halides is 1. The maximum Gasteiger partial charge on any atom is 0.303 e. The molecule has 1 aliphatic rings. The van der Waals surface area contributed by atoms with E-state index in [1.807, 2.05) is 0 Å². The molecule has 0 aliphatic carbocycles. The van der Waals surface area contributed by atoms with Crippen molar-refractivity contribution in [3.63, 3.8) is 0 Å². The summed E-state index contributed by atoms with van der Waals surface area (Å²) in [7, 11) is -3.67. The van der Waals surface area contributed by atoms with Gasteiger partial charge in [0.05, 0.1) is 0 Å². The van der Waals surface area contributed by atoms with E-state index in [2.05, 4.69) is 0 Å². The Morgan fingerprint density at radius 2 is 1.75 bits per heavy atom. The minimum atomic E-state index is -1.41. The summed E-state index contributed by atoms with van der Waals surface area (Å²) >= 11 is 5.57. The zero-order valence-corrected chi connectivity index (χ0v) is 13.0. The van der Waals surface area contributed by atoms with Gasteiger partial charge in [0.15, 0.2) is 0 Å². The molecule has 9 heteroatoms. The summed E-state index contributed by atoms with van der Waals surface area (Å²) in [6.45, 7) is 0. The summed E-state index contributed by atoms with van der Waals surface area (Å²) in [4.78, 5) is 0. The lowest BCUT2D eigenvalue weighted by Gasteiger charge is -2.19. The van der Waals surface area contributed by atoms with Crippen LogP contribution in [0.5, 0.6) is 0 Å². The fourth-order valence-corrected chi connectivity index (χ4v) is 10.2. The lowest BCUT2D eigenvalue weighted by molar-refractivity contribution is 0.328. The molecule has 0 aromatic rings. The number of rotatable bonds is 3. The van der Waals surface area contributed by atoms with Gasteiger partial charge in [0, 0.05) is 5.88 Å². The zero-order valence-electron chi connectivity index (χ0n) is 6.83. The molecule has 1 aliphatic heterocycles. The van der Waals surface area contributed by atoms with Crippen LogP contribution in [0.25, 0.3) is 0 Å². The van der Waals surface area contributed by atoms with Crippen LogP contribution in [-0.2, 0) is 16.5 Å². The first-order valence-electron chi connectivity index (χ1n) is 3.88. The van der Waals surface area contributed by atoms with Crippen LogP contribution in [0, 0.1) is 0 Å². The molecule has 0 bridgehead atoms. The molecule has 1 heterocycles. The van der Waals surface area contributed by atoms with Crippen molar-refractivity contribution in [3.05, 3.63) is 0 Å². The van der Waals surface area contributed by atoms with Gasteiger partial charge in [-0.2, -0.15) is 0 Å². The minimum absolute atomic E-state index is 0.690. The van der Waals surface area contributed by atoms with Crippen LogP contribution in [0.3, 0.4) is 0 Å². The van der Waals surface area contributed by atoms with Gasteiger partial charge in [-0.25, -0.2) is 0 Å². The van der Waals surface area contributed by atoms with Crippen molar-refractivity contribution in [3.8, 4) is 0 Å². The highest BCUT2D eigenvalue weighted by atomic mass is 35.5. The van der Waals surface area contributed by atoms with Gasteiger partial charge in [-0.1, -0.05) is 0 Å². The van der Waals surface area contributed by atoms with Crippen LogP contribution in [0.15, 0.2) is 0 Å². The SMILES string of the molecule is ClCCC[SiH]1O[SiH2]O[SiH2]O[SiH2]O1. The highest BCUT2D eigenvalue weighted by Gasteiger charge is 2.14. The molecule has 0 amide bonds. The highest BCUT2D eigenvalue weighted by molar-refractivity contribution is 6.60. The maximum absolute atomic E-state index is 5.57. The van der Waals surface area contributed by atoms with E-state index in [9.17, 15) is 0 Å². The Morgan fingerprint density at radius 3 is 2.33 bits per heavy atom. The lowest BCUT2D eigenvalue weighted by atomic mass is 10.6. The Labute approximate surface area is 85.9 Å². The van der Waals surface area contributed by atoms with Gasteiger partial charge in [0.2, 0.25) is 0 Å². The van der Waals surface area contributed by atoms with E-state index >= 15 is 0 Å². The van der Waals surface area contributed by atoms with Crippen LogP contribution in [-0.4, -0.2) is 45.2 Å². The minimum Gasteiger partial charge on any atom is -0.425 e. The average Bonchev–Trinajstić information content (AvgIpc) is 2.02. The second kappa shape index (κ2) is 7.41. The van der Waals surface area contributed by atoms with Gasteiger partial charge in [-0.15, -0.1) is 11.6 Å². The Hall–Kier alpha value is 0.998. The van der Waals surface area contributed by atoms with E-state index < -0.39 is 39.3 Å². The van der Waals surface area contributed by atoms with Crippen molar-refractivity contribution in [2.75, 3.05) is 5.88 Å². The molecule has 1 rings (SSSR count). The first kappa shape index (κ1) is 11.1. The molecule has 0 spiro atoms. The number of hydrogen-bond donors (Lipinski definition) is 0. The fraction of sp³-hybridized carbons (Fsp3) is 1.00. The van der Waals surface area contributed by atoms with Gasteiger partial charge >= 0.3 is 9.28 Å². The predicted molar refractivity (Wildman–Crippen MR) is 57.3 cm³/mol. The van der Waals surface area contributed by atoms with Crippen molar-refractivity contribution in [1.29, 1.82) is 0 Å². The molecule has 0 saturated carbocycles. The topological polar surface area (TPSA) is 36.9 Å². The summed E-state index contributed by atoms with van der Waals surface area (Å²) in [5, 5.41) is 0. The first-order chi connectivity index (χ1) is 5.93. The van der Waals surface area contributed by atoms with E-state index in [4.69, 9.17) is 28.1 Å². The summed E-state index contributed by atoms with van der Waals surface area (Å²) in [6.07, 6.45) is 0.985. The molecule has 0 aromatic carbocycles. The smallest absolute Gasteiger partial charge is 0.303 e.